The van der Waals surface area contributed by atoms with E-state index in [9.17, 15) is 28.8 Å². The number of aromatic nitrogens is 8. The maximum atomic E-state index is 12.8. The van der Waals surface area contributed by atoms with Crippen molar-refractivity contribution in [1.82, 2.24) is 70.8 Å². The number of hydrogen-bond donors (Lipinski definition) is 4. The molecular formula is C68H72N14O9. The first-order chi connectivity index (χ1) is 44.2. The summed E-state index contributed by atoms with van der Waals surface area (Å²) in [7, 11) is 0. The SMILES string of the molecule is Cc1cc(C(=O)N2CCC3(CC2)CC3CNC(=O)c2cc3ccncc3o2)ccn1.Cc1cnc(C(=O)N2CCC3(CC2)CC3CNC(=O)c2cc3ccncc3o2)cn1.O=C(NCC1CC12CCN(C(=O)c1cc(C3CC3)[nH]n1)CC2)c1cc2ccncc2o1. The third-order valence-electron chi connectivity index (χ3n) is 20.4. The molecule has 4 aliphatic carbocycles. The van der Waals surface area contributed by atoms with Crippen molar-refractivity contribution in [2.45, 2.75) is 90.4 Å². The van der Waals surface area contributed by atoms with Gasteiger partial charge in [0.1, 0.15) is 11.4 Å². The van der Waals surface area contributed by atoms with Gasteiger partial charge in [0.2, 0.25) is 0 Å². The molecule has 9 aromatic rings. The van der Waals surface area contributed by atoms with Crippen molar-refractivity contribution in [2.75, 3.05) is 58.9 Å². The van der Waals surface area contributed by atoms with Crippen LogP contribution < -0.4 is 16.0 Å². The average Bonchev–Trinajstić information content (AvgIpc) is 1.73. The summed E-state index contributed by atoms with van der Waals surface area (Å²) in [6.07, 6.45) is 26.3. The standard InChI is InChI=1S/C23H25N5O3.C23H24N4O3.C22H23N5O3/c29-21(19-9-15-3-6-24-13-20(15)31-19)25-12-16-11-23(16)4-7-28(8-5-23)22(30)18-10-17(26-27-18)14-1-2-14;1-15-10-17(3-7-25-15)22(29)27-8-4-23(5-9-27)12-18(23)13-26-21(28)19-11-16-2-6-24-14-20(16)30-19;1-14-10-25-17(12-24-14)21(29)27-6-3-22(4-7-27)9-16(22)11-26-20(28)18-8-15-2-5-23-13-19(15)30-18/h3,6,9-10,13-14,16H,1-2,4-5,7-8,11-12H2,(H,25,29)(H,26,27);2-3,6-7,10-11,14,18H,4-5,8-9,12-13H2,1H3,(H,26,28);2,5,8,10,12-13,16H,3-4,6-7,9,11H2,1H3,(H,26,28). The summed E-state index contributed by atoms with van der Waals surface area (Å²) in [5.74, 6) is 2.39. The van der Waals surface area contributed by atoms with Crippen LogP contribution in [0.2, 0.25) is 0 Å². The van der Waals surface area contributed by atoms with E-state index in [1.807, 2.05) is 58.9 Å². The summed E-state index contributed by atoms with van der Waals surface area (Å²) < 4.78 is 16.8. The van der Waals surface area contributed by atoms with Gasteiger partial charge in [-0.15, -0.1) is 0 Å². The van der Waals surface area contributed by atoms with Crippen LogP contribution in [0.25, 0.3) is 32.9 Å². The molecule has 0 bridgehead atoms. The Morgan fingerprint density at radius 1 is 0.484 bits per heavy atom. The number of furan rings is 3. The number of likely N-dealkylation sites (tertiary alicyclic amines) is 3. The molecule has 23 nitrogen and oxygen atoms in total. The maximum absolute atomic E-state index is 12.8. The van der Waals surface area contributed by atoms with Gasteiger partial charge in [-0.25, -0.2) is 4.98 Å². The lowest BCUT2D eigenvalue weighted by molar-refractivity contribution is 0.0654. The zero-order valence-corrected chi connectivity index (χ0v) is 51.0. The molecule has 3 aliphatic heterocycles. The van der Waals surface area contributed by atoms with Gasteiger partial charge in [0.15, 0.2) is 34.0 Å². The number of nitrogens with one attached hydrogen (secondary N) is 4. The van der Waals surface area contributed by atoms with Gasteiger partial charge in [-0.1, -0.05) is 0 Å². The van der Waals surface area contributed by atoms with Gasteiger partial charge in [0, 0.05) is 129 Å². The minimum Gasteiger partial charge on any atom is -0.449 e. The zero-order chi connectivity index (χ0) is 62.4. The Kier molecular flexibility index (Phi) is 15.7. The molecule has 3 saturated heterocycles. The summed E-state index contributed by atoms with van der Waals surface area (Å²) in [6.45, 7) is 10.1. The normalized spacial score (nSPS) is 20.5. The van der Waals surface area contributed by atoms with Gasteiger partial charge in [-0.3, -0.25) is 58.8 Å². The first kappa shape index (κ1) is 59.0. The Morgan fingerprint density at radius 3 is 1.31 bits per heavy atom. The van der Waals surface area contributed by atoms with Crippen molar-refractivity contribution in [3.63, 3.8) is 0 Å². The second-order valence-corrected chi connectivity index (χ2v) is 26.1. The van der Waals surface area contributed by atoms with Gasteiger partial charge < -0.3 is 43.9 Å². The monoisotopic (exact) mass is 1230 g/mol. The molecule has 0 radical (unpaired) electrons. The van der Waals surface area contributed by atoms with E-state index in [2.05, 4.69) is 56.1 Å². The summed E-state index contributed by atoms with van der Waals surface area (Å²) >= 11 is 0. The molecule has 9 aromatic heterocycles. The molecule has 91 heavy (non-hydrogen) atoms. The first-order valence-corrected chi connectivity index (χ1v) is 31.7. The molecule has 3 unspecified atom stereocenters. The number of carbonyl (C=O) groups is 6. The van der Waals surface area contributed by atoms with E-state index in [-0.39, 0.29) is 51.7 Å². The Labute approximate surface area is 524 Å². The lowest BCUT2D eigenvalue weighted by atomic mass is 9.90. The predicted octanol–water partition coefficient (Wildman–Crippen LogP) is 8.90. The van der Waals surface area contributed by atoms with Crippen molar-refractivity contribution in [1.29, 1.82) is 0 Å². The smallest absolute Gasteiger partial charge is 0.287 e. The number of fused-ring (bicyclic) bond motifs is 3. The van der Waals surface area contributed by atoms with Gasteiger partial charge in [0.05, 0.1) is 30.5 Å². The maximum Gasteiger partial charge on any atom is 0.287 e. The molecule has 4 saturated carbocycles. The van der Waals surface area contributed by atoms with Crippen LogP contribution in [0.5, 0.6) is 0 Å². The highest BCUT2D eigenvalue weighted by molar-refractivity contribution is 5.98. The highest BCUT2D eigenvalue weighted by Gasteiger charge is 2.57. The molecular weight excluding hydrogens is 1160 g/mol. The molecule has 23 heteroatoms. The molecule has 12 heterocycles. The van der Waals surface area contributed by atoms with E-state index in [0.717, 1.165) is 130 Å². The second kappa shape index (κ2) is 24.3. The first-order valence-electron chi connectivity index (χ1n) is 31.7. The van der Waals surface area contributed by atoms with Crippen LogP contribution in [-0.2, 0) is 0 Å². The Morgan fingerprint density at radius 2 is 0.912 bits per heavy atom. The molecule has 468 valence electrons. The number of carbonyl (C=O) groups excluding carboxylic acids is 6. The van der Waals surface area contributed by atoms with Crippen molar-refractivity contribution in [3.05, 3.63) is 162 Å². The van der Waals surface area contributed by atoms with Crippen LogP contribution in [0.3, 0.4) is 0 Å². The Hall–Kier alpha value is -9.67. The molecule has 7 aliphatic rings. The number of rotatable bonds is 13. The zero-order valence-electron chi connectivity index (χ0n) is 51.0. The van der Waals surface area contributed by atoms with Crippen LogP contribution in [-0.4, -0.2) is 149 Å². The molecule has 3 spiro atoms. The average molecular weight is 1230 g/mol. The summed E-state index contributed by atoms with van der Waals surface area (Å²) in [4.78, 5) is 106. The molecule has 7 fully saturated rings. The largest absolute Gasteiger partial charge is 0.449 e. The molecule has 3 atom stereocenters. The lowest BCUT2D eigenvalue weighted by Gasteiger charge is -2.33. The minimum atomic E-state index is -0.196. The van der Waals surface area contributed by atoms with Crippen LogP contribution in [0.15, 0.2) is 124 Å². The fourth-order valence-corrected chi connectivity index (χ4v) is 14.1. The third-order valence-corrected chi connectivity index (χ3v) is 20.4. The number of H-pyrrole nitrogens is 1. The van der Waals surface area contributed by atoms with Crippen molar-refractivity contribution in [3.8, 4) is 0 Å². The number of nitrogens with zero attached hydrogens (tertiary/aromatic N) is 10. The molecule has 16 rings (SSSR count). The van der Waals surface area contributed by atoms with Gasteiger partial charge in [-0.05, 0) is 173 Å². The summed E-state index contributed by atoms with van der Waals surface area (Å²) in [5.41, 5.74) is 7.00. The van der Waals surface area contributed by atoms with E-state index in [1.54, 1.807) is 80.0 Å². The van der Waals surface area contributed by atoms with Crippen LogP contribution in [0, 0.1) is 47.8 Å². The predicted molar refractivity (Wildman–Crippen MR) is 332 cm³/mol. The third kappa shape index (κ3) is 12.7. The topological polar surface area (TPSA) is 294 Å². The highest BCUT2D eigenvalue weighted by atomic mass is 16.4. The fraction of sp³-hybridized carbons (Fsp3) is 0.426. The van der Waals surface area contributed by atoms with E-state index in [0.29, 0.717) is 94.3 Å². The molecule has 6 amide bonds. The van der Waals surface area contributed by atoms with Crippen LogP contribution in [0.4, 0.5) is 0 Å². The summed E-state index contributed by atoms with van der Waals surface area (Å²) in [6, 6.07) is 16.3. The highest BCUT2D eigenvalue weighted by Crippen LogP contribution is 2.61. The number of aromatic amines is 1. The number of pyridine rings is 4. The van der Waals surface area contributed by atoms with Crippen LogP contribution in [0.1, 0.15) is 157 Å². The second-order valence-electron chi connectivity index (χ2n) is 26.1. The van der Waals surface area contributed by atoms with Gasteiger partial charge in [-0.2, -0.15) is 5.10 Å². The molecule has 4 N–H and O–H groups in total. The number of piperidine rings is 3. The number of aryl methyl sites for hydroxylation is 2. The van der Waals surface area contributed by atoms with Gasteiger partial charge in [0.25, 0.3) is 35.4 Å². The van der Waals surface area contributed by atoms with E-state index >= 15 is 0 Å². The fourth-order valence-electron chi connectivity index (χ4n) is 14.1. The lowest BCUT2D eigenvalue weighted by Crippen LogP contribution is -2.40. The van der Waals surface area contributed by atoms with Crippen molar-refractivity contribution in [2.24, 2.45) is 34.0 Å². The minimum absolute atomic E-state index is 0.0304. The van der Waals surface area contributed by atoms with Crippen molar-refractivity contribution < 1.29 is 42.0 Å². The number of hydrogen-bond acceptors (Lipinski definition) is 16. The Balaban J connectivity index is 0.000000119. The van der Waals surface area contributed by atoms with E-state index < -0.39 is 0 Å². The number of amides is 6. The van der Waals surface area contributed by atoms with Crippen molar-refractivity contribution >= 4 is 68.4 Å². The van der Waals surface area contributed by atoms with Gasteiger partial charge >= 0.3 is 0 Å². The summed E-state index contributed by atoms with van der Waals surface area (Å²) in [5, 5.41) is 18.9. The van der Waals surface area contributed by atoms with E-state index in [1.165, 1.54) is 12.8 Å². The Bertz CT molecular complexity index is 4120. The van der Waals surface area contributed by atoms with E-state index in [4.69, 9.17) is 13.3 Å². The van der Waals surface area contributed by atoms with Crippen LogP contribution >= 0.6 is 0 Å². The molecule has 0 aromatic carbocycles. The quantitative estimate of drug-likeness (QED) is 0.0837.